The molecule has 0 aliphatic rings. The molecule has 0 amide bonds. The molecule has 2 heterocycles. The molecular formula is C13H9BrFN3S2. The van der Waals surface area contributed by atoms with Gasteiger partial charge in [0.05, 0.1) is 9.86 Å². The molecule has 0 unspecified atom stereocenters. The third-order valence-electron chi connectivity index (χ3n) is 2.69. The zero-order chi connectivity index (χ0) is 14.1. The Kier molecular flexibility index (Phi) is 3.91. The first-order valence-electron chi connectivity index (χ1n) is 5.71. The highest BCUT2D eigenvalue weighted by Crippen LogP contribution is 2.28. The summed E-state index contributed by atoms with van der Waals surface area (Å²) in [5.41, 5.74) is 6.90. The van der Waals surface area contributed by atoms with E-state index < -0.39 is 0 Å². The quantitative estimate of drug-likeness (QED) is 0.546. The van der Waals surface area contributed by atoms with Gasteiger partial charge in [0.15, 0.2) is 5.16 Å². The molecule has 102 valence electrons. The first-order chi connectivity index (χ1) is 9.63. The standard InChI is InChI=1S/C13H9BrFN3S2/c14-9-5-7(1-2-10(9)15)6-20-13-17-11(16)8-3-4-19-12(8)18-13/h1-5H,6H2,(H2,16,17,18). The second-order valence-electron chi connectivity index (χ2n) is 4.07. The maximum absolute atomic E-state index is 13.2. The molecule has 2 N–H and O–H groups in total. The number of thiophene rings is 1. The number of hydrogen-bond donors (Lipinski definition) is 1. The summed E-state index contributed by atoms with van der Waals surface area (Å²) >= 11 is 6.20. The Labute approximate surface area is 131 Å². The highest BCUT2D eigenvalue weighted by molar-refractivity contribution is 9.10. The van der Waals surface area contributed by atoms with Crippen LogP contribution in [0.2, 0.25) is 0 Å². The Balaban J connectivity index is 1.80. The number of anilines is 1. The number of benzene rings is 1. The van der Waals surface area contributed by atoms with Gasteiger partial charge in [0.2, 0.25) is 0 Å². The topological polar surface area (TPSA) is 51.8 Å². The highest BCUT2D eigenvalue weighted by atomic mass is 79.9. The summed E-state index contributed by atoms with van der Waals surface area (Å²) in [4.78, 5) is 9.62. The van der Waals surface area contributed by atoms with Crippen molar-refractivity contribution < 1.29 is 4.39 Å². The summed E-state index contributed by atoms with van der Waals surface area (Å²) in [7, 11) is 0. The third kappa shape index (κ3) is 2.79. The summed E-state index contributed by atoms with van der Waals surface area (Å²) in [6, 6.07) is 6.87. The van der Waals surface area contributed by atoms with Crippen molar-refractivity contribution in [2.75, 3.05) is 5.73 Å². The van der Waals surface area contributed by atoms with E-state index in [4.69, 9.17) is 5.73 Å². The summed E-state index contributed by atoms with van der Waals surface area (Å²) in [5.74, 6) is 0.896. The number of thioether (sulfide) groups is 1. The Morgan fingerprint density at radius 1 is 1.30 bits per heavy atom. The second kappa shape index (κ2) is 5.67. The van der Waals surface area contributed by atoms with E-state index in [0.29, 0.717) is 21.2 Å². The van der Waals surface area contributed by atoms with Gasteiger partial charge in [-0.05, 0) is 45.1 Å². The monoisotopic (exact) mass is 369 g/mol. The average Bonchev–Trinajstić information content (AvgIpc) is 2.89. The maximum Gasteiger partial charge on any atom is 0.191 e. The number of aromatic nitrogens is 2. The van der Waals surface area contributed by atoms with Crippen molar-refractivity contribution in [3.63, 3.8) is 0 Å². The minimum atomic E-state index is -0.265. The lowest BCUT2D eigenvalue weighted by Crippen LogP contribution is -1.95. The molecule has 3 rings (SSSR count). The SMILES string of the molecule is Nc1nc(SCc2ccc(F)c(Br)c2)nc2sccc12. The molecule has 7 heteroatoms. The number of hydrogen-bond acceptors (Lipinski definition) is 5. The van der Waals surface area contributed by atoms with E-state index in [2.05, 4.69) is 25.9 Å². The van der Waals surface area contributed by atoms with Crippen LogP contribution in [-0.4, -0.2) is 9.97 Å². The van der Waals surface area contributed by atoms with Crippen LogP contribution in [0.1, 0.15) is 5.56 Å². The van der Waals surface area contributed by atoms with Crippen molar-refractivity contribution in [2.24, 2.45) is 0 Å². The van der Waals surface area contributed by atoms with Crippen molar-refractivity contribution >= 4 is 55.1 Å². The van der Waals surface area contributed by atoms with Crippen LogP contribution in [0.5, 0.6) is 0 Å². The van der Waals surface area contributed by atoms with Crippen LogP contribution in [0, 0.1) is 5.82 Å². The molecule has 20 heavy (non-hydrogen) atoms. The summed E-state index contributed by atoms with van der Waals surface area (Å²) in [6.45, 7) is 0. The van der Waals surface area contributed by atoms with Crippen molar-refractivity contribution in [3.05, 3.63) is 45.5 Å². The van der Waals surface area contributed by atoms with Crippen molar-refractivity contribution in [1.82, 2.24) is 9.97 Å². The lowest BCUT2D eigenvalue weighted by molar-refractivity contribution is 0.620. The molecule has 2 aromatic heterocycles. The third-order valence-corrected chi connectivity index (χ3v) is 5.02. The van der Waals surface area contributed by atoms with E-state index >= 15 is 0 Å². The van der Waals surface area contributed by atoms with Gasteiger partial charge in [-0.1, -0.05) is 17.8 Å². The molecule has 0 radical (unpaired) electrons. The van der Waals surface area contributed by atoms with Crippen LogP contribution in [0.25, 0.3) is 10.2 Å². The Bertz CT molecular complexity index is 775. The van der Waals surface area contributed by atoms with Crippen LogP contribution in [0.4, 0.5) is 10.2 Å². The van der Waals surface area contributed by atoms with Gasteiger partial charge in [0, 0.05) is 5.75 Å². The highest BCUT2D eigenvalue weighted by Gasteiger charge is 2.08. The lowest BCUT2D eigenvalue weighted by atomic mass is 10.2. The predicted molar refractivity (Wildman–Crippen MR) is 85.5 cm³/mol. The Morgan fingerprint density at radius 2 is 2.15 bits per heavy atom. The van der Waals surface area contributed by atoms with Gasteiger partial charge in [-0.25, -0.2) is 14.4 Å². The zero-order valence-electron chi connectivity index (χ0n) is 10.1. The fraction of sp³-hybridized carbons (Fsp3) is 0.0769. The van der Waals surface area contributed by atoms with E-state index in [1.54, 1.807) is 23.5 Å². The molecule has 3 aromatic rings. The van der Waals surface area contributed by atoms with Gasteiger partial charge >= 0.3 is 0 Å². The van der Waals surface area contributed by atoms with Gasteiger partial charge in [0.1, 0.15) is 16.5 Å². The average molecular weight is 370 g/mol. The molecule has 0 saturated carbocycles. The minimum Gasteiger partial charge on any atom is -0.383 e. The van der Waals surface area contributed by atoms with E-state index in [9.17, 15) is 4.39 Å². The first kappa shape index (κ1) is 13.8. The van der Waals surface area contributed by atoms with E-state index in [1.807, 2.05) is 11.4 Å². The number of nitrogen functional groups attached to an aromatic ring is 1. The number of rotatable bonds is 3. The lowest BCUT2D eigenvalue weighted by Gasteiger charge is -2.04. The fourth-order valence-corrected chi connectivity index (χ4v) is 3.75. The predicted octanol–water partition coefficient (Wildman–Crippen LogP) is 4.47. The van der Waals surface area contributed by atoms with Crippen molar-refractivity contribution in [3.8, 4) is 0 Å². The van der Waals surface area contributed by atoms with Crippen LogP contribution in [0.15, 0.2) is 39.3 Å². The largest absolute Gasteiger partial charge is 0.383 e. The summed E-state index contributed by atoms with van der Waals surface area (Å²) in [6.07, 6.45) is 0. The summed E-state index contributed by atoms with van der Waals surface area (Å²) in [5, 5.41) is 3.48. The maximum atomic E-state index is 13.2. The minimum absolute atomic E-state index is 0.265. The van der Waals surface area contributed by atoms with Crippen molar-refractivity contribution in [2.45, 2.75) is 10.9 Å². The van der Waals surface area contributed by atoms with Crippen LogP contribution in [-0.2, 0) is 5.75 Å². The van der Waals surface area contributed by atoms with Crippen LogP contribution < -0.4 is 5.73 Å². The molecule has 0 atom stereocenters. The number of halogens is 2. The molecule has 0 aliphatic heterocycles. The molecule has 0 fully saturated rings. The number of fused-ring (bicyclic) bond motifs is 1. The molecule has 0 spiro atoms. The van der Waals surface area contributed by atoms with E-state index in [-0.39, 0.29) is 5.82 Å². The Morgan fingerprint density at radius 3 is 2.95 bits per heavy atom. The first-order valence-corrected chi connectivity index (χ1v) is 8.37. The van der Waals surface area contributed by atoms with Gasteiger partial charge in [0.25, 0.3) is 0 Å². The smallest absolute Gasteiger partial charge is 0.191 e. The van der Waals surface area contributed by atoms with Gasteiger partial charge in [-0.15, -0.1) is 11.3 Å². The van der Waals surface area contributed by atoms with Gasteiger partial charge in [-0.2, -0.15) is 0 Å². The summed E-state index contributed by atoms with van der Waals surface area (Å²) < 4.78 is 13.6. The molecular weight excluding hydrogens is 361 g/mol. The van der Waals surface area contributed by atoms with Crippen molar-refractivity contribution in [1.29, 1.82) is 0 Å². The molecule has 0 bridgehead atoms. The molecule has 0 saturated heterocycles. The Hall–Kier alpha value is -1.18. The normalized spacial score (nSPS) is 11.1. The number of nitrogens with zero attached hydrogens (tertiary/aromatic N) is 2. The molecule has 1 aromatic carbocycles. The van der Waals surface area contributed by atoms with Gasteiger partial charge in [-0.3, -0.25) is 0 Å². The molecule has 0 aliphatic carbocycles. The van der Waals surface area contributed by atoms with Crippen LogP contribution >= 0.6 is 39.0 Å². The van der Waals surface area contributed by atoms with E-state index in [0.717, 1.165) is 15.8 Å². The fourth-order valence-electron chi connectivity index (χ4n) is 1.70. The second-order valence-corrected chi connectivity index (χ2v) is 6.76. The van der Waals surface area contributed by atoms with E-state index in [1.165, 1.54) is 17.8 Å². The van der Waals surface area contributed by atoms with Gasteiger partial charge < -0.3 is 5.73 Å². The molecule has 3 nitrogen and oxygen atoms in total. The van der Waals surface area contributed by atoms with Crippen LogP contribution in [0.3, 0.4) is 0 Å². The zero-order valence-corrected chi connectivity index (χ0v) is 13.4. The number of nitrogens with two attached hydrogens (primary N) is 1.